The van der Waals surface area contributed by atoms with Crippen molar-refractivity contribution >= 4 is 17.6 Å². The number of fused-ring (bicyclic) bond motifs is 1. The van der Waals surface area contributed by atoms with Crippen molar-refractivity contribution in [2.45, 2.75) is 39.3 Å². The summed E-state index contributed by atoms with van der Waals surface area (Å²) in [6, 6.07) is 19.3. The van der Waals surface area contributed by atoms with Crippen LogP contribution in [0.15, 0.2) is 66.9 Å². The third-order valence-corrected chi connectivity index (χ3v) is 6.88. The number of aromatic nitrogens is 1. The third-order valence-electron chi connectivity index (χ3n) is 6.88. The molecule has 0 bridgehead atoms. The number of benzene rings is 2. The standard InChI is InChI=1S/C30H38N4O4/c1-5-38-27-11-7-6-9-25(27)31-30(36)33(19-20-37-4)21-28(35)34-18-17-32-16-8-10-26(32)29(34)24-14-12-23(13-15-24)22(2)3/h6-16,22,29H,5,17-21H2,1-4H3,(H,31,36). The van der Waals surface area contributed by atoms with E-state index in [9.17, 15) is 9.59 Å². The van der Waals surface area contributed by atoms with Gasteiger partial charge in [-0.25, -0.2) is 4.79 Å². The van der Waals surface area contributed by atoms with E-state index in [2.05, 4.69) is 60.3 Å². The zero-order valence-corrected chi connectivity index (χ0v) is 22.7. The highest BCUT2D eigenvalue weighted by atomic mass is 16.5. The lowest BCUT2D eigenvalue weighted by molar-refractivity contribution is -0.134. The minimum Gasteiger partial charge on any atom is -0.492 e. The molecule has 0 fully saturated rings. The number of hydrogen-bond donors (Lipinski definition) is 1. The Balaban J connectivity index is 1.56. The Labute approximate surface area is 225 Å². The highest BCUT2D eigenvalue weighted by Gasteiger charge is 2.33. The predicted molar refractivity (Wildman–Crippen MR) is 149 cm³/mol. The number of carbonyl (C=O) groups excluding carboxylic acids is 2. The number of ether oxygens (including phenoxy) is 2. The van der Waals surface area contributed by atoms with Crippen molar-refractivity contribution in [3.8, 4) is 5.75 Å². The van der Waals surface area contributed by atoms with Crippen LogP contribution in [0.4, 0.5) is 10.5 Å². The minimum atomic E-state index is -0.374. The molecule has 1 aromatic heterocycles. The average molecular weight is 519 g/mol. The van der Waals surface area contributed by atoms with Gasteiger partial charge >= 0.3 is 6.03 Å². The van der Waals surface area contributed by atoms with E-state index in [1.807, 2.05) is 36.1 Å². The van der Waals surface area contributed by atoms with Gasteiger partial charge in [-0.1, -0.05) is 50.2 Å². The molecular weight excluding hydrogens is 480 g/mol. The van der Waals surface area contributed by atoms with Crippen LogP contribution in [0.1, 0.15) is 49.6 Å². The second-order valence-corrected chi connectivity index (χ2v) is 9.71. The summed E-state index contributed by atoms with van der Waals surface area (Å²) in [4.78, 5) is 30.5. The quantitative estimate of drug-likeness (QED) is 0.404. The molecule has 1 N–H and O–H groups in total. The molecule has 1 atom stereocenters. The van der Waals surface area contributed by atoms with Crippen LogP contribution in [0.5, 0.6) is 5.75 Å². The van der Waals surface area contributed by atoms with Gasteiger partial charge in [-0.3, -0.25) is 4.79 Å². The Kier molecular flexibility index (Phi) is 9.07. The van der Waals surface area contributed by atoms with Gasteiger partial charge in [0.15, 0.2) is 0 Å². The molecule has 0 radical (unpaired) electrons. The van der Waals surface area contributed by atoms with E-state index in [0.717, 1.165) is 11.3 Å². The van der Waals surface area contributed by atoms with Crippen molar-refractivity contribution in [3.63, 3.8) is 0 Å². The number of para-hydroxylation sites is 2. The summed E-state index contributed by atoms with van der Waals surface area (Å²) in [6.45, 7) is 8.52. The van der Waals surface area contributed by atoms with Crippen LogP contribution in [-0.4, -0.2) is 66.3 Å². The van der Waals surface area contributed by atoms with Gasteiger partial charge in [0.2, 0.25) is 5.91 Å². The first-order chi connectivity index (χ1) is 18.4. The lowest BCUT2D eigenvalue weighted by Gasteiger charge is -2.38. The van der Waals surface area contributed by atoms with Crippen molar-refractivity contribution in [2.75, 3.05) is 45.3 Å². The molecule has 1 unspecified atom stereocenters. The number of nitrogens with zero attached hydrogens (tertiary/aromatic N) is 3. The summed E-state index contributed by atoms with van der Waals surface area (Å²) < 4.78 is 13.1. The SMILES string of the molecule is CCOc1ccccc1NC(=O)N(CCOC)CC(=O)N1CCn2cccc2C1c1ccc(C(C)C)cc1. The molecule has 2 heterocycles. The summed E-state index contributed by atoms with van der Waals surface area (Å²) in [5.41, 5.74) is 3.95. The number of urea groups is 1. The first kappa shape index (κ1) is 27.3. The first-order valence-corrected chi connectivity index (χ1v) is 13.2. The maximum atomic E-state index is 13.8. The monoisotopic (exact) mass is 518 g/mol. The van der Waals surface area contributed by atoms with Crippen LogP contribution < -0.4 is 10.1 Å². The number of amides is 3. The fourth-order valence-corrected chi connectivity index (χ4v) is 4.82. The van der Waals surface area contributed by atoms with Gasteiger partial charge in [-0.15, -0.1) is 0 Å². The summed E-state index contributed by atoms with van der Waals surface area (Å²) in [5.74, 6) is 0.903. The Bertz CT molecular complexity index is 1220. The van der Waals surface area contributed by atoms with Gasteiger partial charge in [0.1, 0.15) is 12.3 Å². The van der Waals surface area contributed by atoms with E-state index in [-0.39, 0.29) is 31.1 Å². The van der Waals surface area contributed by atoms with Crippen molar-refractivity contribution in [1.82, 2.24) is 14.4 Å². The molecule has 8 nitrogen and oxygen atoms in total. The molecule has 4 rings (SSSR count). The van der Waals surface area contributed by atoms with E-state index in [1.165, 1.54) is 10.5 Å². The second-order valence-electron chi connectivity index (χ2n) is 9.71. The summed E-state index contributed by atoms with van der Waals surface area (Å²) in [6.07, 6.45) is 2.06. The number of anilines is 1. The highest BCUT2D eigenvalue weighted by Crippen LogP contribution is 2.33. The van der Waals surface area contributed by atoms with Crippen LogP contribution >= 0.6 is 0 Å². The smallest absolute Gasteiger partial charge is 0.322 e. The zero-order valence-electron chi connectivity index (χ0n) is 22.7. The Morgan fingerprint density at radius 1 is 1.05 bits per heavy atom. The third kappa shape index (κ3) is 6.19. The fraction of sp³-hybridized carbons (Fsp3) is 0.400. The fourth-order valence-electron chi connectivity index (χ4n) is 4.82. The number of carbonyl (C=O) groups is 2. The van der Waals surface area contributed by atoms with E-state index >= 15 is 0 Å². The van der Waals surface area contributed by atoms with Crippen LogP contribution in [0.25, 0.3) is 0 Å². The molecule has 8 heteroatoms. The molecule has 38 heavy (non-hydrogen) atoms. The lowest BCUT2D eigenvalue weighted by Crippen LogP contribution is -2.49. The predicted octanol–water partition coefficient (Wildman–Crippen LogP) is 5.12. The molecule has 0 spiro atoms. The molecule has 3 amide bonds. The van der Waals surface area contributed by atoms with Crippen LogP contribution in [-0.2, 0) is 16.1 Å². The van der Waals surface area contributed by atoms with Crippen molar-refractivity contribution in [3.05, 3.63) is 83.7 Å². The maximum Gasteiger partial charge on any atom is 0.322 e. The van der Waals surface area contributed by atoms with Crippen LogP contribution in [0, 0.1) is 0 Å². The molecule has 3 aromatic rings. The van der Waals surface area contributed by atoms with E-state index in [4.69, 9.17) is 9.47 Å². The van der Waals surface area contributed by atoms with Gasteiger partial charge < -0.3 is 29.2 Å². The largest absolute Gasteiger partial charge is 0.492 e. The van der Waals surface area contributed by atoms with E-state index < -0.39 is 0 Å². The normalized spacial score (nSPS) is 14.8. The molecule has 0 aliphatic carbocycles. The Morgan fingerprint density at radius 2 is 1.82 bits per heavy atom. The van der Waals surface area contributed by atoms with Crippen LogP contribution in [0.3, 0.4) is 0 Å². The topological polar surface area (TPSA) is 76.0 Å². The van der Waals surface area contributed by atoms with Gasteiger partial charge in [-0.05, 0) is 48.2 Å². The van der Waals surface area contributed by atoms with Gasteiger partial charge in [0.25, 0.3) is 0 Å². The Hall–Kier alpha value is -3.78. The summed E-state index contributed by atoms with van der Waals surface area (Å²) in [7, 11) is 1.58. The lowest BCUT2D eigenvalue weighted by atomic mass is 9.95. The minimum absolute atomic E-state index is 0.0622. The molecule has 0 saturated heterocycles. The number of methoxy groups -OCH3 is 1. The molecule has 0 saturated carbocycles. The van der Waals surface area contributed by atoms with E-state index in [0.29, 0.717) is 43.7 Å². The first-order valence-electron chi connectivity index (χ1n) is 13.2. The van der Waals surface area contributed by atoms with Crippen molar-refractivity contribution in [2.24, 2.45) is 0 Å². The molecule has 202 valence electrons. The van der Waals surface area contributed by atoms with Gasteiger partial charge in [0, 0.05) is 38.6 Å². The number of rotatable bonds is 10. The number of hydrogen-bond acceptors (Lipinski definition) is 4. The van der Waals surface area contributed by atoms with E-state index in [1.54, 1.807) is 13.2 Å². The zero-order chi connectivity index (χ0) is 27.1. The molecule has 2 aromatic carbocycles. The van der Waals surface area contributed by atoms with Crippen molar-refractivity contribution in [1.29, 1.82) is 0 Å². The maximum absolute atomic E-state index is 13.8. The van der Waals surface area contributed by atoms with Crippen LogP contribution in [0.2, 0.25) is 0 Å². The van der Waals surface area contributed by atoms with Crippen molar-refractivity contribution < 1.29 is 19.1 Å². The Morgan fingerprint density at radius 3 is 2.53 bits per heavy atom. The molecule has 1 aliphatic rings. The van der Waals surface area contributed by atoms with Gasteiger partial charge in [0.05, 0.1) is 24.9 Å². The molecule has 1 aliphatic heterocycles. The molecular formula is C30H38N4O4. The summed E-state index contributed by atoms with van der Waals surface area (Å²) in [5, 5.41) is 2.92. The highest BCUT2D eigenvalue weighted by molar-refractivity contribution is 5.93. The van der Waals surface area contributed by atoms with Gasteiger partial charge in [-0.2, -0.15) is 0 Å². The average Bonchev–Trinajstić information content (AvgIpc) is 3.40. The second kappa shape index (κ2) is 12.6. The summed E-state index contributed by atoms with van der Waals surface area (Å²) >= 11 is 0. The number of nitrogens with one attached hydrogen (secondary N) is 1.